The van der Waals surface area contributed by atoms with Gasteiger partial charge in [-0.3, -0.25) is 4.79 Å². The molecule has 3 aromatic rings. The highest BCUT2D eigenvalue weighted by molar-refractivity contribution is 6.03. The van der Waals surface area contributed by atoms with Crippen molar-refractivity contribution < 1.29 is 9.52 Å². The summed E-state index contributed by atoms with van der Waals surface area (Å²) >= 11 is 0. The summed E-state index contributed by atoms with van der Waals surface area (Å²) in [6.45, 7) is 2.01. The number of rotatable bonds is 1. The first-order valence-corrected chi connectivity index (χ1v) is 6.31. The van der Waals surface area contributed by atoms with E-state index in [1.807, 2.05) is 25.1 Å². The Morgan fingerprint density at radius 3 is 2.70 bits per heavy atom. The third-order valence-electron chi connectivity index (χ3n) is 3.53. The Morgan fingerprint density at radius 2 is 2.00 bits per heavy atom. The molecule has 0 bridgehead atoms. The largest absolute Gasteiger partial charge is 0.507 e. The lowest BCUT2D eigenvalue weighted by Crippen LogP contribution is -2.18. The molecule has 20 heavy (non-hydrogen) atoms. The number of nitrogens with zero attached hydrogens (tertiary/aromatic N) is 1. The van der Waals surface area contributed by atoms with Crippen molar-refractivity contribution in [2.75, 3.05) is 0 Å². The normalized spacial score (nSPS) is 11.3. The molecule has 102 valence electrons. The quantitative estimate of drug-likeness (QED) is 0.686. The fourth-order valence-electron chi connectivity index (χ4n) is 2.43. The fourth-order valence-corrected chi connectivity index (χ4v) is 2.43. The molecule has 2 heterocycles. The summed E-state index contributed by atoms with van der Waals surface area (Å²) in [7, 11) is 1.63. The zero-order valence-corrected chi connectivity index (χ0v) is 11.1. The van der Waals surface area contributed by atoms with Gasteiger partial charge in [0.15, 0.2) is 5.58 Å². The lowest BCUT2D eigenvalue weighted by atomic mass is 10.1. The van der Waals surface area contributed by atoms with Crippen LogP contribution in [0.2, 0.25) is 0 Å². The van der Waals surface area contributed by atoms with E-state index in [1.165, 1.54) is 4.57 Å². The van der Waals surface area contributed by atoms with Gasteiger partial charge in [-0.25, -0.2) is 4.79 Å². The van der Waals surface area contributed by atoms with Crippen LogP contribution in [0.3, 0.4) is 0 Å². The Morgan fingerprint density at radius 1 is 1.25 bits per heavy atom. The van der Waals surface area contributed by atoms with E-state index in [0.29, 0.717) is 10.9 Å². The highest BCUT2D eigenvalue weighted by atomic mass is 16.4. The Balaban J connectivity index is 2.69. The van der Waals surface area contributed by atoms with Gasteiger partial charge in [-0.2, -0.15) is 0 Å². The Kier molecular flexibility index (Phi) is 2.64. The number of aryl methyl sites for hydroxylation is 2. The summed E-state index contributed by atoms with van der Waals surface area (Å²) < 4.78 is 6.60. The summed E-state index contributed by atoms with van der Waals surface area (Å²) in [6, 6.07) is 6.53. The number of aromatic nitrogens is 1. The second-order valence-electron chi connectivity index (χ2n) is 4.72. The summed E-state index contributed by atoms with van der Waals surface area (Å²) in [5.41, 5.74) is 0.796. The molecule has 0 aliphatic carbocycles. The molecule has 1 aromatic carbocycles. The predicted molar refractivity (Wildman–Crippen MR) is 76.3 cm³/mol. The van der Waals surface area contributed by atoms with E-state index >= 15 is 0 Å². The van der Waals surface area contributed by atoms with Gasteiger partial charge in [-0.1, -0.05) is 13.0 Å². The van der Waals surface area contributed by atoms with E-state index in [2.05, 4.69) is 0 Å². The van der Waals surface area contributed by atoms with E-state index < -0.39 is 11.2 Å². The van der Waals surface area contributed by atoms with E-state index in [1.54, 1.807) is 7.05 Å². The third kappa shape index (κ3) is 1.63. The van der Waals surface area contributed by atoms with Crippen molar-refractivity contribution in [3.05, 3.63) is 50.6 Å². The first-order chi connectivity index (χ1) is 9.52. The molecule has 0 unspecified atom stereocenters. The van der Waals surface area contributed by atoms with E-state index in [0.717, 1.165) is 18.1 Å². The molecule has 2 aromatic heterocycles. The number of pyridine rings is 1. The van der Waals surface area contributed by atoms with Gasteiger partial charge >= 0.3 is 5.63 Å². The van der Waals surface area contributed by atoms with Crippen molar-refractivity contribution in [2.45, 2.75) is 13.3 Å². The number of hydrogen-bond donors (Lipinski definition) is 1. The minimum Gasteiger partial charge on any atom is -0.507 e. The lowest BCUT2D eigenvalue weighted by Gasteiger charge is -2.09. The average molecular weight is 271 g/mol. The molecule has 3 rings (SSSR count). The maximum Gasteiger partial charge on any atom is 0.339 e. The minimum atomic E-state index is -0.675. The van der Waals surface area contributed by atoms with Crippen LogP contribution in [0.15, 0.2) is 38.3 Å². The smallest absolute Gasteiger partial charge is 0.339 e. The predicted octanol–water partition coefficient (Wildman–Crippen LogP) is 1.91. The maximum absolute atomic E-state index is 12.3. The van der Waals surface area contributed by atoms with Crippen LogP contribution in [0.25, 0.3) is 21.9 Å². The van der Waals surface area contributed by atoms with Gasteiger partial charge < -0.3 is 14.1 Å². The van der Waals surface area contributed by atoms with Gasteiger partial charge in [0.25, 0.3) is 5.56 Å². The number of hydrogen-bond acceptors (Lipinski definition) is 4. The minimum absolute atomic E-state index is 0.0350. The van der Waals surface area contributed by atoms with Crippen LogP contribution in [0.5, 0.6) is 5.75 Å². The fraction of sp³-hybridized carbons (Fsp3) is 0.200. The van der Waals surface area contributed by atoms with Crippen LogP contribution < -0.4 is 11.2 Å². The molecular formula is C15H13NO4. The van der Waals surface area contributed by atoms with Crippen LogP contribution in [0.1, 0.15) is 12.5 Å². The highest BCUT2D eigenvalue weighted by Crippen LogP contribution is 2.27. The van der Waals surface area contributed by atoms with Gasteiger partial charge in [-0.05, 0) is 24.1 Å². The standard InChI is InChI=1S/C15H13NO4/c1-3-8-4-5-10-9(6-8)14-13(15(19)16(10)2)11(17)7-12(18)20-14/h4-7,17H,3H2,1-2H3. The van der Waals surface area contributed by atoms with E-state index in [4.69, 9.17) is 4.42 Å². The molecule has 0 atom stereocenters. The molecule has 1 N–H and O–H groups in total. The van der Waals surface area contributed by atoms with Crippen molar-refractivity contribution in [2.24, 2.45) is 7.05 Å². The van der Waals surface area contributed by atoms with Crippen molar-refractivity contribution in [1.82, 2.24) is 4.57 Å². The number of fused-ring (bicyclic) bond motifs is 3. The Labute approximate surface area is 113 Å². The monoisotopic (exact) mass is 271 g/mol. The molecular weight excluding hydrogens is 258 g/mol. The molecule has 0 aliphatic heterocycles. The van der Waals surface area contributed by atoms with Crippen molar-refractivity contribution in [1.29, 1.82) is 0 Å². The molecule has 5 heteroatoms. The second-order valence-corrected chi connectivity index (χ2v) is 4.72. The van der Waals surface area contributed by atoms with Gasteiger partial charge in [0, 0.05) is 12.4 Å². The molecule has 0 fully saturated rings. The topological polar surface area (TPSA) is 72.4 Å². The zero-order chi connectivity index (χ0) is 14.4. The maximum atomic E-state index is 12.3. The molecule has 0 amide bonds. The summed E-state index contributed by atoms with van der Waals surface area (Å²) in [6.07, 6.45) is 0.823. The summed E-state index contributed by atoms with van der Waals surface area (Å²) in [5, 5.41) is 10.6. The zero-order valence-electron chi connectivity index (χ0n) is 11.1. The van der Waals surface area contributed by atoms with Crippen molar-refractivity contribution >= 4 is 21.9 Å². The van der Waals surface area contributed by atoms with Crippen LogP contribution in [-0.4, -0.2) is 9.67 Å². The first-order valence-electron chi connectivity index (χ1n) is 6.31. The SMILES string of the molecule is CCc1ccc2c(c1)c1oc(=O)cc(O)c1c(=O)n2C. The number of aromatic hydroxyl groups is 1. The number of benzene rings is 1. The third-order valence-corrected chi connectivity index (χ3v) is 3.53. The molecule has 0 saturated carbocycles. The molecule has 0 aliphatic rings. The van der Waals surface area contributed by atoms with Crippen molar-refractivity contribution in [3.8, 4) is 5.75 Å². The van der Waals surface area contributed by atoms with E-state index in [-0.39, 0.29) is 16.7 Å². The second kappa shape index (κ2) is 4.23. The van der Waals surface area contributed by atoms with Gasteiger partial charge in [0.2, 0.25) is 0 Å². The Bertz CT molecular complexity index is 950. The first kappa shape index (κ1) is 12.5. The van der Waals surface area contributed by atoms with Crippen LogP contribution in [0, 0.1) is 0 Å². The van der Waals surface area contributed by atoms with E-state index in [9.17, 15) is 14.7 Å². The van der Waals surface area contributed by atoms with Crippen LogP contribution >= 0.6 is 0 Å². The molecule has 0 saturated heterocycles. The van der Waals surface area contributed by atoms with Crippen LogP contribution in [0.4, 0.5) is 0 Å². The van der Waals surface area contributed by atoms with Crippen LogP contribution in [-0.2, 0) is 13.5 Å². The average Bonchev–Trinajstić information content (AvgIpc) is 2.43. The van der Waals surface area contributed by atoms with Crippen molar-refractivity contribution in [3.63, 3.8) is 0 Å². The molecule has 0 radical (unpaired) electrons. The summed E-state index contributed by atoms with van der Waals surface area (Å²) in [4.78, 5) is 23.7. The Hall–Kier alpha value is -2.56. The lowest BCUT2D eigenvalue weighted by molar-refractivity contribution is 0.467. The van der Waals surface area contributed by atoms with Gasteiger partial charge in [0.1, 0.15) is 11.1 Å². The molecule has 0 spiro atoms. The van der Waals surface area contributed by atoms with Gasteiger partial charge in [-0.15, -0.1) is 0 Å². The summed E-state index contributed by atoms with van der Waals surface area (Å²) in [5.74, 6) is -0.347. The molecule has 5 nitrogen and oxygen atoms in total. The highest BCUT2D eigenvalue weighted by Gasteiger charge is 2.15. The van der Waals surface area contributed by atoms with Gasteiger partial charge in [0.05, 0.1) is 11.6 Å².